The molecule has 56 heavy (non-hydrogen) atoms. The quantitative estimate of drug-likeness (QED) is 0.0614. The molecule has 2 N–H and O–H groups in total. The van der Waals surface area contributed by atoms with E-state index in [9.17, 15) is 30.4 Å². The summed E-state index contributed by atoms with van der Waals surface area (Å²) in [7, 11) is 3.21. The molecule has 3 aliphatic rings. The molecule has 1 aliphatic heterocycles. The fourth-order valence-electron chi connectivity index (χ4n) is 8.73. The van der Waals surface area contributed by atoms with E-state index in [1.807, 2.05) is 12.1 Å². The summed E-state index contributed by atoms with van der Waals surface area (Å²) in [5.74, 6) is -1.18. The van der Waals surface area contributed by atoms with Crippen molar-refractivity contribution in [1.82, 2.24) is 4.90 Å². The Labute approximate surface area is 326 Å². The highest BCUT2D eigenvalue weighted by atomic mass is 16.7. The lowest BCUT2D eigenvalue weighted by Gasteiger charge is -2.59. The smallest absolute Gasteiger partial charge is 0.273 e. The van der Waals surface area contributed by atoms with Crippen LogP contribution in [0.3, 0.4) is 0 Å². The number of hydrogen-bond acceptors (Lipinski definition) is 11. The number of nitrogens with zero attached hydrogens (tertiary/aromatic N) is 4. The molecule has 294 valence electrons. The number of nitro groups is 1. The number of benzene rings is 3. The van der Waals surface area contributed by atoms with Crippen molar-refractivity contribution in [2.24, 2.45) is 22.9 Å². The second kappa shape index (κ2) is 17.9. The Morgan fingerprint density at radius 3 is 2.50 bits per heavy atom. The van der Waals surface area contributed by atoms with E-state index in [0.717, 1.165) is 36.8 Å². The van der Waals surface area contributed by atoms with Gasteiger partial charge in [-0.1, -0.05) is 36.2 Å². The van der Waals surface area contributed by atoms with Gasteiger partial charge in [0.25, 0.3) is 11.6 Å². The first-order chi connectivity index (χ1) is 27.2. The van der Waals surface area contributed by atoms with Gasteiger partial charge in [0.05, 0.1) is 40.9 Å². The van der Waals surface area contributed by atoms with Crippen molar-refractivity contribution in [1.29, 1.82) is 5.26 Å². The molecule has 6 unspecified atom stereocenters. The minimum absolute atomic E-state index is 0.00140. The molecule has 1 saturated carbocycles. The zero-order chi connectivity index (χ0) is 39.8. The number of likely N-dealkylation sites (N-methyl/N-ethyl adjacent to an activating group) is 1. The van der Waals surface area contributed by atoms with Crippen molar-refractivity contribution in [2.45, 2.75) is 62.7 Å². The molecule has 2 aliphatic carbocycles. The minimum atomic E-state index is -1.44. The first-order valence-electron chi connectivity index (χ1n) is 19.0. The van der Waals surface area contributed by atoms with E-state index in [1.165, 1.54) is 19.2 Å². The largest absolute Gasteiger partial charge is 0.459 e. The first-order valence-corrected chi connectivity index (χ1v) is 19.0. The molecule has 3 aromatic rings. The summed E-state index contributed by atoms with van der Waals surface area (Å²) in [6.07, 6.45) is 8.49. The lowest BCUT2D eigenvalue weighted by atomic mass is 9.55. The van der Waals surface area contributed by atoms with Crippen LogP contribution in [-0.4, -0.2) is 77.5 Å². The molecule has 1 amide bonds. The Balaban J connectivity index is 1.55. The lowest BCUT2D eigenvalue weighted by Crippen LogP contribution is -2.69. The van der Waals surface area contributed by atoms with Gasteiger partial charge >= 0.3 is 0 Å². The van der Waals surface area contributed by atoms with E-state index >= 15 is 0 Å². The normalized spacial score (nSPS) is 24.1. The Bertz CT molecular complexity index is 2010. The number of non-ortho nitro benzene ring substituents is 1. The number of amides is 1. The van der Waals surface area contributed by atoms with Gasteiger partial charge in [-0.3, -0.25) is 14.9 Å². The van der Waals surface area contributed by atoms with E-state index in [2.05, 4.69) is 23.9 Å². The molecule has 0 spiro atoms. The predicted octanol–water partition coefficient (Wildman–Crippen LogP) is 7.29. The van der Waals surface area contributed by atoms with Gasteiger partial charge < -0.3 is 34.2 Å². The molecular weight excluding hydrogens is 716 g/mol. The van der Waals surface area contributed by atoms with Crippen LogP contribution >= 0.6 is 0 Å². The molecule has 3 aromatic carbocycles. The SMILES string of the molecule is C=CCOC12Oc3ccc(Oc4cccc([N+](=O)[O-])c4)cc3C3C(CCCCO)C(CCCCO)C=C(C(=NOC)CC1N(C)C(=O)c1ccc(C#N)cc1)C32. The van der Waals surface area contributed by atoms with Crippen LogP contribution in [-0.2, 0) is 9.57 Å². The van der Waals surface area contributed by atoms with Crippen LogP contribution in [0.5, 0.6) is 17.2 Å². The molecular formula is C43H48N4O9. The number of fused-ring (bicyclic) bond motifs is 2. The second-order valence-corrected chi connectivity index (χ2v) is 14.4. The second-order valence-electron chi connectivity index (χ2n) is 14.4. The third kappa shape index (κ3) is 8.04. The molecule has 0 saturated heterocycles. The van der Waals surface area contributed by atoms with Crippen molar-refractivity contribution in [3.63, 3.8) is 0 Å². The van der Waals surface area contributed by atoms with E-state index in [1.54, 1.807) is 60.5 Å². The third-order valence-corrected chi connectivity index (χ3v) is 11.2. The standard InChI is InChI=1S/C43H48N4O9/c1-4-22-54-43-39(46(2)42(50)29-16-14-28(27-44)15-17-29)26-37(45-53-3)35-23-30(10-5-7-20-48)34(13-6-8-21-49)40(41(35)43)36-25-33(18-19-38(36)56-43)55-32-12-9-11-31(24-32)47(51)52/h4,9,11-12,14-19,23-25,30,34,39-41,48-49H,1,5-8,10,13,20-22,26H2,2-3H3. The topological polar surface area (TPSA) is 177 Å². The summed E-state index contributed by atoms with van der Waals surface area (Å²) in [5, 5.41) is 45.1. The number of unbranched alkanes of at least 4 members (excludes halogenated alkanes) is 2. The molecule has 0 bridgehead atoms. The Kier molecular flexibility index (Phi) is 12.9. The average Bonchev–Trinajstić information content (AvgIpc) is 3.21. The molecule has 1 fully saturated rings. The van der Waals surface area contributed by atoms with Crippen LogP contribution in [0.25, 0.3) is 0 Å². The van der Waals surface area contributed by atoms with E-state index in [0.29, 0.717) is 46.9 Å². The highest BCUT2D eigenvalue weighted by molar-refractivity contribution is 6.03. The van der Waals surface area contributed by atoms with E-state index < -0.39 is 22.7 Å². The average molecular weight is 765 g/mol. The van der Waals surface area contributed by atoms with Crippen molar-refractivity contribution >= 4 is 17.3 Å². The van der Waals surface area contributed by atoms with Crippen LogP contribution in [0.4, 0.5) is 5.69 Å². The monoisotopic (exact) mass is 764 g/mol. The number of rotatable bonds is 17. The zero-order valence-electron chi connectivity index (χ0n) is 31.7. The number of aliphatic hydroxyl groups excluding tert-OH is 2. The van der Waals surface area contributed by atoms with Gasteiger partial charge in [0.2, 0.25) is 5.79 Å². The summed E-state index contributed by atoms with van der Waals surface area (Å²) < 4.78 is 20.3. The number of carbonyl (C=O) groups is 1. The fourth-order valence-corrected chi connectivity index (χ4v) is 8.73. The zero-order valence-corrected chi connectivity index (χ0v) is 31.7. The molecule has 13 nitrogen and oxygen atoms in total. The first kappa shape index (κ1) is 40.1. The maximum absolute atomic E-state index is 14.3. The predicted molar refractivity (Wildman–Crippen MR) is 208 cm³/mol. The van der Waals surface area contributed by atoms with Crippen molar-refractivity contribution in [3.8, 4) is 23.3 Å². The van der Waals surface area contributed by atoms with Crippen molar-refractivity contribution in [2.75, 3.05) is 34.0 Å². The van der Waals surface area contributed by atoms with Gasteiger partial charge in [0.15, 0.2) is 0 Å². The van der Waals surface area contributed by atoms with Gasteiger partial charge in [0, 0.05) is 49.8 Å². The van der Waals surface area contributed by atoms with Crippen LogP contribution in [0, 0.1) is 39.2 Å². The van der Waals surface area contributed by atoms with Crippen molar-refractivity contribution in [3.05, 3.63) is 118 Å². The van der Waals surface area contributed by atoms with Gasteiger partial charge in [-0.05, 0) is 91.6 Å². The number of nitriles is 1. The maximum Gasteiger partial charge on any atom is 0.273 e. The van der Waals surface area contributed by atoms with Crippen molar-refractivity contribution < 1.29 is 39.0 Å². The van der Waals surface area contributed by atoms with Crippen LogP contribution in [0.2, 0.25) is 0 Å². The number of nitro benzene ring substituents is 1. The number of ether oxygens (including phenoxy) is 3. The number of allylic oxidation sites excluding steroid dienone is 1. The summed E-state index contributed by atoms with van der Waals surface area (Å²) in [4.78, 5) is 32.5. The molecule has 0 radical (unpaired) electrons. The molecule has 6 atom stereocenters. The number of carbonyl (C=O) groups excluding carboxylic acids is 1. The lowest BCUT2D eigenvalue weighted by molar-refractivity contribution is -0.384. The molecule has 0 aromatic heterocycles. The summed E-state index contributed by atoms with van der Waals surface area (Å²) in [6.45, 7) is 4.19. The number of oxime groups is 1. The van der Waals surface area contributed by atoms with Gasteiger partial charge in [-0.25, -0.2) is 0 Å². The van der Waals surface area contributed by atoms with E-state index in [4.69, 9.17) is 19.0 Å². The van der Waals surface area contributed by atoms with E-state index in [-0.39, 0.29) is 55.6 Å². The van der Waals surface area contributed by atoms with Gasteiger partial charge in [-0.2, -0.15) is 5.26 Å². The Morgan fingerprint density at radius 2 is 1.82 bits per heavy atom. The highest BCUT2D eigenvalue weighted by Crippen LogP contribution is 2.62. The number of aliphatic hydroxyl groups is 2. The Hall–Kier alpha value is -5.55. The van der Waals surface area contributed by atoms with Gasteiger partial charge in [-0.15, -0.1) is 6.58 Å². The summed E-state index contributed by atoms with van der Waals surface area (Å²) >= 11 is 0. The molecule has 13 heteroatoms. The summed E-state index contributed by atoms with van der Waals surface area (Å²) in [5.41, 5.74) is 3.12. The highest BCUT2D eigenvalue weighted by Gasteiger charge is 2.65. The number of hydrogen-bond donors (Lipinski definition) is 2. The fraction of sp³-hybridized carbons (Fsp3) is 0.419. The molecule has 6 rings (SSSR count). The Morgan fingerprint density at radius 1 is 1.09 bits per heavy atom. The summed E-state index contributed by atoms with van der Waals surface area (Å²) in [6, 6.07) is 19.4. The maximum atomic E-state index is 14.3. The minimum Gasteiger partial charge on any atom is -0.459 e. The molecule has 1 heterocycles. The van der Waals surface area contributed by atoms with Crippen LogP contribution in [0.1, 0.15) is 72.3 Å². The third-order valence-electron chi connectivity index (χ3n) is 11.2. The van der Waals surface area contributed by atoms with Crippen LogP contribution in [0.15, 0.2) is 96.2 Å². The van der Waals surface area contributed by atoms with Crippen LogP contribution < -0.4 is 9.47 Å². The van der Waals surface area contributed by atoms with Gasteiger partial charge in [0.1, 0.15) is 30.4 Å².